The third-order valence-corrected chi connectivity index (χ3v) is 5.10. The fourth-order valence-electron chi connectivity index (χ4n) is 3.45. The van der Waals surface area contributed by atoms with Crippen molar-refractivity contribution in [2.24, 2.45) is 5.92 Å². The van der Waals surface area contributed by atoms with Gasteiger partial charge in [-0.1, -0.05) is 30.3 Å². The second-order valence-electron chi connectivity index (χ2n) is 6.53. The molecule has 0 radical (unpaired) electrons. The molecular weight excluding hydrogens is 290 g/mol. The molecule has 0 aliphatic heterocycles. The van der Waals surface area contributed by atoms with Gasteiger partial charge in [-0.25, -0.2) is 8.78 Å². The van der Waals surface area contributed by atoms with Gasteiger partial charge in [0.25, 0.3) is 0 Å². The van der Waals surface area contributed by atoms with Gasteiger partial charge in [0.2, 0.25) is 0 Å². The molecule has 2 aromatic carbocycles. The van der Waals surface area contributed by atoms with Gasteiger partial charge in [0, 0.05) is 5.56 Å². The van der Waals surface area contributed by atoms with Crippen LogP contribution in [0.25, 0.3) is 11.1 Å². The Bertz CT molecular complexity index is 669. The van der Waals surface area contributed by atoms with Gasteiger partial charge >= 0.3 is 0 Å². The molecule has 2 heteroatoms. The maximum Gasteiger partial charge on any atom is 0.129 e. The van der Waals surface area contributed by atoms with E-state index in [-0.39, 0.29) is 5.56 Å². The van der Waals surface area contributed by atoms with Gasteiger partial charge in [0.05, 0.1) is 0 Å². The quantitative estimate of drug-likeness (QED) is 0.575. The monoisotopic (exact) mass is 312 g/mol. The van der Waals surface area contributed by atoms with E-state index >= 15 is 0 Å². The lowest BCUT2D eigenvalue weighted by atomic mass is 9.78. The van der Waals surface area contributed by atoms with Crippen LogP contribution in [0.1, 0.15) is 42.7 Å². The number of hydrogen-bond donors (Lipinski definition) is 0. The van der Waals surface area contributed by atoms with Crippen molar-refractivity contribution in [1.82, 2.24) is 0 Å². The summed E-state index contributed by atoms with van der Waals surface area (Å²) in [7, 11) is 0. The maximum absolute atomic E-state index is 13.7. The molecule has 0 unspecified atom stereocenters. The normalized spacial score (nSPS) is 21.2. The van der Waals surface area contributed by atoms with Crippen LogP contribution < -0.4 is 0 Å². The van der Waals surface area contributed by atoms with Gasteiger partial charge in [0.15, 0.2) is 0 Å². The van der Waals surface area contributed by atoms with Crippen molar-refractivity contribution in [3.63, 3.8) is 0 Å². The summed E-state index contributed by atoms with van der Waals surface area (Å²) in [4.78, 5) is 0. The topological polar surface area (TPSA) is 0 Å². The van der Waals surface area contributed by atoms with Crippen LogP contribution in [0, 0.1) is 24.5 Å². The smallest absolute Gasteiger partial charge is 0.129 e. The van der Waals surface area contributed by atoms with E-state index in [0.717, 1.165) is 5.56 Å². The van der Waals surface area contributed by atoms with Gasteiger partial charge in [-0.3, -0.25) is 0 Å². The summed E-state index contributed by atoms with van der Waals surface area (Å²) >= 11 is 0. The lowest BCUT2D eigenvalue weighted by Gasteiger charge is -2.27. The molecular formula is C21H22F2. The van der Waals surface area contributed by atoms with E-state index in [2.05, 4.69) is 24.8 Å². The second kappa shape index (κ2) is 6.66. The zero-order chi connectivity index (χ0) is 16.4. The van der Waals surface area contributed by atoms with E-state index in [1.54, 1.807) is 0 Å². The Morgan fingerprint density at radius 3 is 2.00 bits per heavy atom. The van der Waals surface area contributed by atoms with Crippen LogP contribution in [0.5, 0.6) is 0 Å². The first-order chi connectivity index (χ1) is 11.1. The Morgan fingerprint density at radius 2 is 1.48 bits per heavy atom. The van der Waals surface area contributed by atoms with Gasteiger partial charge in [-0.15, -0.1) is 6.58 Å². The number of hydrogen-bond acceptors (Lipinski definition) is 0. The largest absolute Gasteiger partial charge is 0.207 e. The van der Waals surface area contributed by atoms with Gasteiger partial charge in [0.1, 0.15) is 11.6 Å². The van der Waals surface area contributed by atoms with Crippen LogP contribution in [0.15, 0.2) is 49.1 Å². The Labute approximate surface area is 136 Å². The summed E-state index contributed by atoms with van der Waals surface area (Å²) < 4.78 is 27.4. The fraction of sp³-hybridized carbons (Fsp3) is 0.333. The average molecular weight is 312 g/mol. The lowest BCUT2D eigenvalue weighted by Crippen LogP contribution is -2.11. The van der Waals surface area contributed by atoms with Crippen molar-refractivity contribution in [3.8, 4) is 11.1 Å². The van der Waals surface area contributed by atoms with E-state index in [1.165, 1.54) is 50.3 Å². The molecule has 1 aliphatic rings. The van der Waals surface area contributed by atoms with Crippen molar-refractivity contribution in [3.05, 3.63) is 71.8 Å². The average Bonchev–Trinajstić information content (AvgIpc) is 2.59. The third-order valence-electron chi connectivity index (χ3n) is 5.10. The van der Waals surface area contributed by atoms with E-state index in [4.69, 9.17) is 0 Å². The van der Waals surface area contributed by atoms with Crippen molar-refractivity contribution in [2.45, 2.75) is 38.5 Å². The zero-order valence-electron chi connectivity index (χ0n) is 13.5. The molecule has 1 fully saturated rings. The predicted octanol–water partition coefficient (Wildman–Crippen LogP) is 6.40. The molecule has 0 atom stereocenters. The SMILES string of the molecule is C=CC1CCC(c2ccc(-c3cc(F)c(C)c(F)c3)cc2)CC1. The van der Waals surface area contributed by atoms with Crippen molar-refractivity contribution in [1.29, 1.82) is 0 Å². The summed E-state index contributed by atoms with van der Waals surface area (Å²) in [6, 6.07) is 11.0. The summed E-state index contributed by atoms with van der Waals surface area (Å²) in [6.07, 6.45) is 6.84. The first-order valence-electron chi connectivity index (χ1n) is 8.27. The van der Waals surface area contributed by atoms with Gasteiger partial charge in [-0.2, -0.15) is 0 Å². The molecule has 0 nitrogen and oxygen atoms in total. The molecule has 0 N–H and O–H groups in total. The van der Waals surface area contributed by atoms with E-state index in [9.17, 15) is 8.78 Å². The molecule has 1 saturated carbocycles. The van der Waals surface area contributed by atoms with Gasteiger partial charge < -0.3 is 0 Å². The lowest BCUT2D eigenvalue weighted by molar-refractivity contribution is 0.376. The van der Waals surface area contributed by atoms with Crippen LogP contribution in [-0.2, 0) is 0 Å². The third kappa shape index (κ3) is 3.36. The molecule has 1 aliphatic carbocycles. The van der Waals surface area contributed by atoms with Crippen molar-refractivity contribution >= 4 is 0 Å². The molecule has 23 heavy (non-hydrogen) atoms. The molecule has 2 aromatic rings. The minimum Gasteiger partial charge on any atom is -0.207 e. The molecule has 120 valence electrons. The Balaban J connectivity index is 1.79. The molecule has 3 rings (SSSR count). The first-order valence-corrected chi connectivity index (χ1v) is 8.27. The minimum atomic E-state index is -0.494. The van der Waals surface area contributed by atoms with Crippen LogP contribution >= 0.6 is 0 Å². The highest BCUT2D eigenvalue weighted by molar-refractivity contribution is 5.64. The Kier molecular flexibility index (Phi) is 4.61. The Hall–Kier alpha value is -1.96. The standard InChI is InChI=1S/C21H22F2/c1-3-15-4-6-16(7-5-15)17-8-10-18(11-9-17)19-12-20(22)14(2)21(23)13-19/h3,8-13,15-16H,1,4-7H2,2H3. The van der Waals surface area contributed by atoms with E-state index in [1.807, 2.05) is 12.1 Å². The molecule has 0 heterocycles. The molecule has 0 aromatic heterocycles. The van der Waals surface area contributed by atoms with E-state index in [0.29, 0.717) is 17.4 Å². The summed E-state index contributed by atoms with van der Waals surface area (Å²) in [5, 5.41) is 0. The fourth-order valence-corrected chi connectivity index (χ4v) is 3.45. The van der Waals surface area contributed by atoms with Crippen LogP contribution in [0.3, 0.4) is 0 Å². The molecule has 0 amide bonds. The maximum atomic E-state index is 13.7. The summed E-state index contributed by atoms with van der Waals surface area (Å²) in [5.41, 5.74) is 2.84. The number of rotatable bonds is 3. The molecule has 0 saturated heterocycles. The first kappa shape index (κ1) is 15.9. The van der Waals surface area contributed by atoms with Crippen LogP contribution in [0.2, 0.25) is 0 Å². The minimum absolute atomic E-state index is 0.0735. The molecule has 0 bridgehead atoms. The van der Waals surface area contributed by atoms with Crippen LogP contribution in [0.4, 0.5) is 8.78 Å². The van der Waals surface area contributed by atoms with Crippen molar-refractivity contribution < 1.29 is 8.78 Å². The zero-order valence-corrected chi connectivity index (χ0v) is 13.5. The Morgan fingerprint density at radius 1 is 0.913 bits per heavy atom. The highest BCUT2D eigenvalue weighted by Gasteiger charge is 2.20. The second-order valence-corrected chi connectivity index (χ2v) is 6.53. The summed E-state index contributed by atoms with van der Waals surface area (Å²) in [6.45, 7) is 5.34. The number of halogens is 2. The number of benzene rings is 2. The van der Waals surface area contributed by atoms with Crippen molar-refractivity contribution in [2.75, 3.05) is 0 Å². The van der Waals surface area contributed by atoms with E-state index < -0.39 is 11.6 Å². The van der Waals surface area contributed by atoms with Gasteiger partial charge in [-0.05, 0) is 73.3 Å². The molecule has 0 spiro atoms. The highest BCUT2D eigenvalue weighted by Crippen LogP contribution is 2.36. The highest BCUT2D eigenvalue weighted by atomic mass is 19.1. The number of allylic oxidation sites excluding steroid dienone is 1. The van der Waals surface area contributed by atoms with Crippen LogP contribution in [-0.4, -0.2) is 0 Å². The summed E-state index contributed by atoms with van der Waals surface area (Å²) in [5.74, 6) is 0.259. The predicted molar refractivity (Wildman–Crippen MR) is 91.4 cm³/mol.